The molecule has 1 N–H and O–H groups in total. The molecule has 0 saturated carbocycles. The summed E-state index contributed by atoms with van der Waals surface area (Å²) in [6.07, 6.45) is 0. The van der Waals surface area contributed by atoms with E-state index in [0.29, 0.717) is 22.2 Å². The third-order valence-electron chi connectivity index (χ3n) is 3.08. The van der Waals surface area contributed by atoms with Crippen molar-refractivity contribution in [3.05, 3.63) is 69.7 Å². The number of carbonyl (C=O) groups excluding carboxylic acids is 1. The van der Waals surface area contributed by atoms with E-state index in [-0.39, 0.29) is 0 Å². The van der Waals surface area contributed by atoms with E-state index in [9.17, 15) is 4.79 Å². The summed E-state index contributed by atoms with van der Waals surface area (Å²) in [6, 6.07) is 14.2. The lowest BCUT2D eigenvalue weighted by Gasteiger charge is -2.19. The predicted molar refractivity (Wildman–Crippen MR) is 84.5 cm³/mol. The molecule has 0 fully saturated rings. The van der Waals surface area contributed by atoms with Crippen LogP contribution in [0.15, 0.2) is 48.5 Å². The van der Waals surface area contributed by atoms with Gasteiger partial charge in [0.1, 0.15) is 6.04 Å². The molecule has 0 saturated heterocycles. The van der Waals surface area contributed by atoms with Crippen molar-refractivity contribution in [1.82, 2.24) is 5.32 Å². The van der Waals surface area contributed by atoms with Crippen molar-refractivity contribution in [1.29, 1.82) is 0 Å². The van der Waals surface area contributed by atoms with Crippen molar-refractivity contribution < 1.29 is 9.53 Å². The molecule has 0 spiro atoms. The van der Waals surface area contributed by atoms with Crippen molar-refractivity contribution in [2.45, 2.75) is 12.6 Å². The van der Waals surface area contributed by atoms with Gasteiger partial charge in [0.05, 0.1) is 7.11 Å². The minimum absolute atomic E-state index is 0.429. The van der Waals surface area contributed by atoms with Gasteiger partial charge in [-0.1, -0.05) is 59.6 Å². The van der Waals surface area contributed by atoms with E-state index in [1.54, 1.807) is 18.2 Å². The number of nitrogens with one attached hydrogen (secondary N) is 1. The Morgan fingerprint density at radius 1 is 1.10 bits per heavy atom. The van der Waals surface area contributed by atoms with E-state index in [0.717, 1.165) is 5.56 Å². The zero-order chi connectivity index (χ0) is 15.2. The summed E-state index contributed by atoms with van der Waals surface area (Å²) in [7, 11) is 1.34. The minimum atomic E-state index is -0.712. The predicted octanol–water partition coefficient (Wildman–Crippen LogP) is 4.00. The molecule has 21 heavy (non-hydrogen) atoms. The molecule has 2 rings (SSSR count). The molecule has 0 radical (unpaired) electrons. The van der Waals surface area contributed by atoms with Gasteiger partial charge in [-0.25, -0.2) is 4.79 Å². The highest BCUT2D eigenvalue weighted by Crippen LogP contribution is 2.31. The smallest absolute Gasteiger partial charge is 0.327 e. The standard InChI is InChI=1S/C16H15Cl2NO2/c1-21-16(20)15(14-12(17)8-5-9-13(14)18)19-10-11-6-3-2-4-7-11/h2-9,15,19H,10H2,1H3. The summed E-state index contributed by atoms with van der Waals surface area (Å²) in [6.45, 7) is 0.502. The van der Waals surface area contributed by atoms with Gasteiger partial charge in [-0.3, -0.25) is 5.32 Å². The topological polar surface area (TPSA) is 38.3 Å². The number of carbonyl (C=O) groups is 1. The first-order valence-corrected chi connectivity index (χ1v) is 7.18. The lowest BCUT2D eigenvalue weighted by atomic mass is 10.1. The summed E-state index contributed by atoms with van der Waals surface area (Å²) in [4.78, 5) is 12.0. The number of halogens is 2. The fourth-order valence-electron chi connectivity index (χ4n) is 2.02. The number of hydrogen-bond acceptors (Lipinski definition) is 3. The molecule has 0 bridgehead atoms. The van der Waals surface area contributed by atoms with E-state index in [4.69, 9.17) is 27.9 Å². The van der Waals surface area contributed by atoms with Gasteiger partial charge < -0.3 is 4.74 Å². The number of benzene rings is 2. The lowest BCUT2D eigenvalue weighted by molar-refractivity contribution is -0.143. The zero-order valence-corrected chi connectivity index (χ0v) is 13.0. The Kier molecular flexibility index (Phi) is 5.62. The van der Waals surface area contributed by atoms with Gasteiger partial charge in [0.2, 0.25) is 0 Å². The highest BCUT2D eigenvalue weighted by atomic mass is 35.5. The Labute approximate surface area is 133 Å². The third kappa shape index (κ3) is 3.97. The van der Waals surface area contributed by atoms with Crippen LogP contribution >= 0.6 is 23.2 Å². The quantitative estimate of drug-likeness (QED) is 0.845. The molecule has 110 valence electrons. The molecule has 2 aromatic carbocycles. The number of methoxy groups -OCH3 is 1. The van der Waals surface area contributed by atoms with E-state index < -0.39 is 12.0 Å². The van der Waals surface area contributed by atoms with Crippen molar-refractivity contribution >= 4 is 29.2 Å². The van der Waals surface area contributed by atoms with Gasteiger partial charge in [0.15, 0.2) is 0 Å². The number of esters is 1. The van der Waals surface area contributed by atoms with Gasteiger partial charge in [-0.05, 0) is 17.7 Å². The summed E-state index contributed by atoms with van der Waals surface area (Å²) in [5.41, 5.74) is 1.58. The molecule has 0 heterocycles. The fraction of sp³-hybridized carbons (Fsp3) is 0.188. The Morgan fingerprint density at radius 3 is 2.29 bits per heavy atom. The first kappa shape index (κ1) is 15.8. The van der Waals surface area contributed by atoms with E-state index in [2.05, 4.69) is 5.32 Å². The molecule has 1 atom stereocenters. The molecule has 2 aromatic rings. The third-order valence-corrected chi connectivity index (χ3v) is 3.74. The van der Waals surface area contributed by atoms with Gasteiger partial charge in [-0.2, -0.15) is 0 Å². The Balaban J connectivity index is 2.25. The maximum absolute atomic E-state index is 12.0. The molecular weight excluding hydrogens is 309 g/mol. The van der Waals surface area contributed by atoms with Gasteiger partial charge >= 0.3 is 5.97 Å². The van der Waals surface area contributed by atoms with Gasteiger partial charge in [0.25, 0.3) is 0 Å². The second kappa shape index (κ2) is 7.46. The maximum Gasteiger partial charge on any atom is 0.327 e. The van der Waals surface area contributed by atoms with Crippen LogP contribution in [0.2, 0.25) is 10.0 Å². The van der Waals surface area contributed by atoms with Crippen LogP contribution in [0.1, 0.15) is 17.2 Å². The minimum Gasteiger partial charge on any atom is -0.468 e. The van der Waals surface area contributed by atoms with Crippen LogP contribution < -0.4 is 5.32 Å². The molecule has 0 aliphatic carbocycles. The maximum atomic E-state index is 12.0. The van der Waals surface area contributed by atoms with Gasteiger partial charge in [-0.15, -0.1) is 0 Å². The normalized spacial score (nSPS) is 12.0. The zero-order valence-electron chi connectivity index (χ0n) is 11.5. The first-order valence-electron chi connectivity index (χ1n) is 6.42. The molecule has 5 heteroatoms. The van der Waals surface area contributed by atoms with E-state index >= 15 is 0 Å². The molecule has 3 nitrogen and oxygen atoms in total. The van der Waals surface area contributed by atoms with Crippen molar-refractivity contribution in [3.63, 3.8) is 0 Å². The van der Waals surface area contributed by atoms with Crippen LogP contribution in [0.5, 0.6) is 0 Å². The molecule has 0 aliphatic rings. The first-order chi connectivity index (χ1) is 10.1. The Bertz CT molecular complexity index is 597. The van der Waals surface area contributed by atoms with Crippen LogP contribution in [-0.2, 0) is 16.1 Å². The van der Waals surface area contributed by atoms with Gasteiger partial charge in [0, 0.05) is 22.2 Å². The number of ether oxygens (including phenoxy) is 1. The fourth-order valence-corrected chi connectivity index (χ4v) is 2.64. The van der Waals surface area contributed by atoms with E-state index in [1.165, 1.54) is 7.11 Å². The highest BCUT2D eigenvalue weighted by molar-refractivity contribution is 6.36. The summed E-state index contributed by atoms with van der Waals surface area (Å²) in [5.74, 6) is -0.430. The molecule has 1 unspecified atom stereocenters. The number of rotatable bonds is 5. The molecule has 0 aromatic heterocycles. The van der Waals surface area contributed by atoms with Crippen molar-refractivity contribution in [3.8, 4) is 0 Å². The molecular formula is C16H15Cl2NO2. The van der Waals surface area contributed by atoms with E-state index in [1.807, 2.05) is 30.3 Å². The highest BCUT2D eigenvalue weighted by Gasteiger charge is 2.25. The lowest BCUT2D eigenvalue weighted by Crippen LogP contribution is -2.29. The molecule has 0 amide bonds. The van der Waals surface area contributed by atoms with Crippen LogP contribution in [0, 0.1) is 0 Å². The van der Waals surface area contributed by atoms with Crippen LogP contribution in [0.4, 0.5) is 0 Å². The van der Waals surface area contributed by atoms with Crippen molar-refractivity contribution in [2.75, 3.05) is 7.11 Å². The second-order valence-electron chi connectivity index (χ2n) is 4.46. The summed E-state index contributed by atoms with van der Waals surface area (Å²) >= 11 is 12.3. The second-order valence-corrected chi connectivity index (χ2v) is 5.27. The average molecular weight is 324 g/mol. The molecule has 0 aliphatic heterocycles. The van der Waals surface area contributed by atoms with Crippen LogP contribution in [-0.4, -0.2) is 13.1 Å². The number of hydrogen-bond donors (Lipinski definition) is 1. The summed E-state index contributed by atoms with van der Waals surface area (Å²) in [5, 5.41) is 4.00. The monoisotopic (exact) mass is 323 g/mol. The average Bonchev–Trinajstić information content (AvgIpc) is 2.50. The van der Waals surface area contributed by atoms with Crippen molar-refractivity contribution in [2.24, 2.45) is 0 Å². The Morgan fingerprint density at radius 2 is 1.71 bits per heavy atom. The largest absolute Gasteiger partial charge is 0.468 e. The van der Waals surface area contributed by atoms with Crippen LogP contribution in [0.25, 0.3) is 0 Å². The Hall–Kier alpha value is -1.55. The summed E-state index contributed by atoms with van der Waals surface area (Å²) < 4.78 is 4.85. The SMILES string of the molecule is COC(=O)C(NCc1ccccc1)c1c(Cl)cccc1Cl. The van der Waals surface area contributed by atoms with Crippen LogP contribution in [0.3, 0.4) is 0 Å².